The summed E-state index contributed by atoms with van der Waals surface area (Å²) in [7, 11) is 0.728. The van der Waals surface area contributed by atoms with Gasteiger partial charge in [-0.3, -0.25) is 0 Å². The zero-order valence-electron chi connectivity index (χ0n) is 7.16. The van der Waals surface area contributed by atoms with Gasteiger partial charge in [0.05, 0.1) is 11.1 Å². The first-order valence-corrected chi connectivity index (χ1v) is 4.12. The van der Waals surface area contributed by atoms with Crippen molar-refractivity contribution >= 4 is 24.7 Å². The van der Waals surface area contributed by atoms with Crippen molar-refractivity contribution < 1.29 is 14.3 Å². The van der Waals surface area contributed by atoms with Crippen LogP contribution in [0.3, 0.4) is 0 Å². The predicted octanol–water partition coefficient (Wildman–Crippen LogP) is 0.107. The van der Waals surface area contributed by atoms with E-state index in [0.717, 1.165) is 12.7 Å². The van der Waals surface area contributed by atoms with E-state index in [9.17, 15) is 9.59 Å². The van der Waals surface area contributed by atoms with Crippen molar-refractivity contribution in [2.45, 2.75) is 6.82 Å². The molecule has 0 bridgehead atoms. The Hall–Kier alpha value is -1.58. The molecule has 13 heavy (non-hydrogen) atoms. The number of fused-ring (bicyclic) bond motifs is 1. The lowest BCUT2D eigenvalue weighted by Crippen LogP contribution is -2.19. The van der Waals surface area contributed by atoms with Gasteiger partial charge in [-0.05, 0) is 6.07 Å². The second kappa shape index (κ2) is 2.73. The van der Waals surface area contributed by atoms with E-state index < -0.39 is 11.9 Å². The topological polar surface area (TPSA) is 43.4 Å². The van der Waals surface area contributed by atoms with Gasteiger partial charge in [0.15, 0.2) is 7.28 Å². The molecule has 4 heteroatoms. The van der Waals surface area contributed by atoms with Crippen LogP contribution in [0.25, 0.3) is 0 Å². The number of cyclic esters (lactones) is 2. The number of hydrogen-bond acceptors (Lipinski definition) is 3. The largest absolute Gasteiger partial charge is 0.386 e. The second-order valence-electron chi connectivity index (χ2n) is 2.87. The molecule has 0 radical (unpaired) electrons. The fraction of sp³-hybridized carbons (Fsp3) is 0.111. The Balaban J connectivity index is 2.69. The molecule has 1 heterocycles. The van der Waals surface area contributed by atoms with E-state index in [0.29, 0.717) is 11.1 Å². The maximum atomic E-state index is 11.2. The van der Waals surface area contributed by atoms with Gasteiger partial charge >= 0.3 is 11.9 Å². The van der Waals surface area contributed by atoms with Crippen molar-refractivity contribution in [1.82, 2.24) is 0 Å². The Morgan fingerprint density at radius 1 is 1.23 bits per heavy atom. The minimum atomic E-state index is -0.532. The fourth-order valence-corrected chi connectivity index (χ4v) is 1.50. The molecule has 1 aliphatic heterocycles. The Morgan fingerprint density at radius 3 is 2.69 bits per heavy atom. The van der Waals surface area contributed by atoms with Crippen LogP contribution in [-0.4, -0.2) is 19.2 Å². The van der Waals surface area contributed by atoms with Gasteiger partial charge in [-0.1, -0.05) is 24.4 Å². The van der Waals surface area contributed by atoms with Gasteiger partial charge in [0, 0.05) is 0 Å². The molecule has 0 spiro atoms. The molecule has 1 aliphatic rings. The summed E-state index contributed by atoms with van der Waals surface area (Å²) in [4.78, 5) is 22.3. The first-order chi connectivity index (χ1) is 6.24. The molecule has 64 valence electrons. The monoisotopic (exact) mass is 174 g/mol. The van der Waals surface area contributed by atoms with E-state index >= 15 is 0 Å². The van der Waals surface area contributed by atoms with Crippen molar-refractivity contribution in [3.8, 4) is 0 Å². The SMILES string of the molecule is CBc1cccc2c1C(=O)OC2=O. The normalized spacial score (nSPS) is 13.9. The summed E-state index contributed by atoms with van der Waals surface area (Å²) in [5, 5.41) is 0. The van der Waals surface area contributed by atoms with Gasteiger partial charge in [-0.25, -0.2) is 9.59 Å². The number of esters is 2. The highest BCUT2D eigenvalue weighted by Crippen LogP contribution is 2.17. The number of ether oxygens (including phenoxy) is 1. The van der Waals surface area contributed by atoms with Crippen molar-refractivity contribution in [3.05, 3.63) is 29.3 Å². The minimum Gasteiger partial charge on any atom is -0.386 e. The third-order valence-corrected chi connectivity index (χ3v) is 2.14. The van der Waals surface area contributed by atoms with Gasteiger partial charge < -0.3 is 4.74 Å². The van der Waals surface area contributed by atoms with E-state index in [1.54, 1.807) is 12.1 Å². The average molecular weight is 174 g/mol. The van der Waals surface area contributed by atoms with Crippen molar-refractivity contribution in [2.75, 3.05) is 0 Å². The van der Waals surface area contributed by atoms with Crippen LogP contribution in [0.4, 0.5) is 0 Å². The summed E-state index contributed by atoms with van der Waals surface area (Å²) >= 11 is 0. The van der Waals surface area contributed by atoms with Crippen molar-refractivity contribution in [1.29, 1.82) is 0 Å². The Morgan fingerprint density at radius 2 is 2.00 bits per heavy atom. The summed E-state index contributed by atoms with van der Waals surface area (Å²) in [6.07, 6.45) is 0. The molecule has 0 aliphatic carbocycles. The van der Waals surface area contributed by atoms with Gasteiger partial charge in [0.1, 0.15) is 0 Å². The van der Waals surface area contributed by atoms with Crippen LogP contribution in [0, 0.1) is 0 Å². The van der Waals surface area contributed by atoms with E-state index in [2.05, 4.69) is 4.74 Å². The van der Waals surface area contributed by atoms with E-state index in [-0.39, 0.29) is 0 Å². The zero-order valence-corrected chi connectivity index (χ0v) is 7.16. The third kappa shape index (κ3) is 1.06. The lowest BCUT2D eigenvalue weighted by molar-refractivity contribution is 0.0444. The molecular formula is C9H7BO3. The fourth-order valence-electron chi connectivity index (χ4n) is 1.50. The summed E-state index contributed by atoms with van der Waals surface area (Å²) in [5.41, 5.74) is 1.70. The predicted molar refractivity (Wildman–Crippen MR) is 48.8 cm³/mol. The van der Waals surface area contributed by atoms with Crippen LogP contribution >= 0.6 is 0 Å². The van der Waals surface area contributed by atoms with Crippen LogP contribution in [0.15, 0.2) is 18.2 Å². The van der Waals surface area contributed by atoms with Crippen LogP contribution in [0.1, 0.15) is 20.7 Å². The number of carbonyl (C=O) groups is 2. The summed E-state index contributed by atoms with van der Waals surface area (Å²) in [6, 6.07) is 5.21. The molecule has 0 fully saturated rings. The summed E-state index contributed by atoms with van der Waals surface area (Å²) < 4.78 is 4.50. The van der Waals surface area contributed by atoms with E-state index in [4.69, 9.17) is 0 Å². The molecule has 1 aromatic rings. The van der Waals surface area contributed by atoms with Gasteiger partial charge in [-0.2, -0.15) is 0 Å². The van der Waals surface area contributed by atoms with Crippen molar-refractivity contribution in [3.63, 3.8) is 0 Å². The molecule has 0 N–H and O–H groups in total. The molecule has 0 saturated heterocycles. The average Bonchev–Trinajstić information content (AvgIpc) is 2.43. The summed E-state index contributed by atoms with van der Waals surface area (Å²) in [5.74, 6) is -1.05. The Labute approximate surface area is 75.9 Å². The highest BCUT2D eigenvalue weighted by molar-refractivity contribution is 6.54. The van der Waals surface area contributed by atoms with Gasteiger partial charge in [-0.15, -0.1) is 0 Å². The highest BCUT2D eigenvalue weighted by Gasteiger charge is 2.30. The summed E-state index contributed by atoms with van der Waals surface area (Å²) in [6.45, 7) is 1.94. The Bertz CT molecular complexity index is 398. The van der Waals surface area contributed by atoms with E-state index in [1.165, 1.54) is 0 Å². The lowest BCUT2D eigenvalue weighted by atomic mass is 9.70. The smallest absolute Gasteiger partial charge is 0.346 e. The number of hydrogen-bond donors (Lipinski definition) is 0. The van der Waals surface area contributed by atoms with Crippen LogP contribution < -0.4 is 5.46 Å². The first kappa shape index (κ1) is 8.04. The standard InChI is InChI=1S/C9H7BO3/c1-10-6-4-2-3-5-7(6)9(12)13-8(5)11/h2-4,10H,1H3. The van der Waals surface area contributed by atoms with Crippen LogP contribution in [0.2, 0.25) is 6.82 Å². The first-order valence-electron chi connectivity index (χ1n) is 4.12. The lowest BCUT2D eigenvalue weighted by Gasteiger charge is -1.98. The molecular weight excluding hydrogens is 167 g/mol. The quantitative estimate of drug-likeness (QED) is 0.344. The maximum absolute atomic E-state index is 11.2. The van der Waals surface area contributed by atoms with Crippen LogP contribution in [-0.2, 0) is 4.74 Å². The number of carbonyl (C=O) groups excluding carboxylic acids is 2. The molecule has 0 amide bonds. The third-order valence-electron chi connectivity index (χ3n) is 2.14. The molecule has 0 aromatic heterocycles. The second-order valence-corrected chi connectivity index (χ2v) is 2.87. The molecule has 1 aromatic carbocycles. The molecule has 0 unspecified atom stereocenters. The van der Waals surface area contributed by atoms with Gasteiger partial charge in [0.25, 0.3) is 0 Å². The maximum Gasteiger partial charge on any atom is 0.346 e. The van der Waals surface area contributed by atoms with Gasteiger partial charge in [0.2, 0.25) is 0 Å². The molecule has 0 saturated carbocycles. The zero-order chi connectivity index (χ0) is 9.42. The minimum absolute atomic E-state index is 0.393. The molecule has 3 nitrogen and oxygen atoms in total. The van der Waals surface area contributed by atoms with Crippen molar-refractivity contribution in [2.24, 2.45) is 0 Å². The Kier molecular flexibility index (Phi) is 1.69. The highest BCUT2D eigenvalue weighted by atomic mass is 16.6. The van der Waals surface area contributed by atoms with Crippen LogP contribution in [0.5, 0.6) is 0 Å². The molecule has 0 atom stereocenters. The van der Waals surface area contributed by atoms with E-state index in [1.807, 2.05) is 12.9 Å². The number of rotatable bonds is 1. The number of benzene rings is 1. The molecule has 2 rings (SSSR count).